The van der Waals surface area contributed by atoms with Crippen molar-refractivity contribution >= 4 is 33.8 Å². The molecule has 0 bridgehead atoms. The number of halogens is 3. The number of aromatic nitrogens is 2. The highest BCUT2D eigenvalue weighted by Crippen LogP contribution is 2.31. The van der Waals surface area contributed by atoms with Crippen molar-refractivity contribution in [2.45, 2.75) is 33.0 Å². The van der Waals surface area contributed by atoms with Crippen LogP contribution in [0, 0.1) is 0 Å². The number of hydrogen-bond acceptors (Lipinski definition) is 4. The molecule has 2 N–H and O–H groups in total. The van der Waals surface area contributed by atoms with Gasteiger partial charge in [-0.3, -0.25) is 4.79 Å². The van der Waals surface area contributed by atoms with Crippen LogP contribution < -0.4 is 5.32 Å². The van der Waals surface area contributed by atoms with Gasteiger partial charge < -0.3 is 29.2 Å². The van der Waals surface area contributed by atoms with Crippen LogP contribution in [0.4, 0.5) is 13.2 Å². The average Bonchev–Trinajstić information content (AvgIpc) is 3.33. The lowest BCUT2D eigenvalue weighted by Gasteiger charge is -2.17. The van der Waals surface area contributed by atoms with E-state index >= 15 is 0 Å². The lowest BCUT2D eigenvalue weighted by atomic mass is 10.2. The van der Waals surface area contributed by atoms with Crippen molar-refractivity contribution in [3.05, 3.63) is 36.0 Å². The van der Waals surface area contributed by atoms with Gasteiger partial charge in [0, 0.05) is 32.6 Å². The summed E-state index contributed by atoms with van der Waals surface area (Å²) >= 11 is 0. The van der Waals surface area contributed by atoms with Crippen LogP contribution in [0.5, 0.6) is 0 Å². The Balaban J connectivity index is 0.000000540. The van der Waals surface area contributed by atoms with Crippen molar-refractivity contribution in [1.82, 2.24) is 19.4 Å². The minimum Gasteiger partial charge on any atom is -0.475 e. The van der Waals surface area contributed by atoms with Crippen LogP contribution >= 0.6 is 0 Å². The number of methoxy groups -OCH3 is 1. The number of para-hydroxylation sites is 1. The van der Waals surface area contributed by atoms with E-state index < -0.39 is 12.1 Å². The summed E-state index contributed by atoms with van der Waals surface area (Å²) in [6, 6.07) is 10.3. The Labute approximate surface area is 202 Å². The number of benzene rings is 1. The highest BCUT2D eigenvalue weighted by Gasteiger charge is 2.38. The SMILES string of the molecule is CCN(CC)CCCNC(=O)c1cc2c(c3ccccc3n2C)n1CCOC.O=C(O)C(F)(F)F. The fraction of sp³-hybridized carbons (Fsp3) is 0.500. The minimum absolute atomic E-state index is 0.0177. The number of hydrogen-bond donors (Lipinski definition) is 2. The number of carboxylic acid groups (broad SMARTS) is 1. The quantitative estimate of drug-likeness (QED) is 0.415. The van der Waals surface area contributed by atoms with Crippen molar-refractivity contribution in [2.75, 3.05) is 39.9 Å². The van der Waals surface area contributed by atoms with Gasteiger partial charge in [-0.1, -0.05) is 32.0 Å². The number of carbonyl (C=O) groups excluding carboxylic acids is 1. The molecule has 2 aromatic heterocycles. The fourth-order valence-corrected chi connectivity index (χ4v) is 3.91. The highest BCUT2D eigenvalue weighted by molar-refractivity contribution is 6.10. The van der Waals surface area contributed by atoms with Gasteiger partial charge in [-0.25, -0.2) is 4.79 Å². The van der Waals surface area contributed by atoms with E-state index in [2.05, 4.69) is 52.4 Å². The summed E-state index contributed by atoms with van der Waals surface area (Å²) in [5, 5.41) is 11.4. The normalized spacial score (nSPS) is 11.7. The van der Waals surface area contributed by atoms with Crippen molar-refractivity contribution in [2.24, 2.45) is 7.05 Å². The highest BCUT2D eigenvalue weighted by atomic mass is 19.4. The van der Waals surface area contributed by atoms with Crippen molar-refractivity contribution < 1.29 is 32.6 Å². The lowest BCUT2D eigenvalue weighted by Crippen LogP contribution is -2.31. The zero-order chi connectivity index (χ0) is 26.2. The standard InChI is InChI=1S/C22H32N4O2.C2HF3O2/c1-5-25(6-2)13-9-12-23-22(27)20-16-19-21(26(20)14-15-28-4)17-10-7-8-11-18(17)24(19)3;3-2(4,5)1(6)7/h7-8,10-11,16H,5-6,9,12-15H2,1-4H3,(H,23,27);(H,6,7). The molecule has 0 aliphatic rings. The van der Waals surface area contributed by atoms with E-state index in [9.17, 15) is 18.0 Å². The molecule has 1 amide bonds. The Bertz CT molecular complexity index is 1130. The second kappa shape index (κ2) is 12.6. The summed E-state index contributed by atoms with van der Waals surface area (Å²) < 4.78 is 41.3. The average molecular weight is 499 g/mol. The molecular formula is C24H33F3N4O4. The Kier molecular flexibility index (Phi) is 10.1. The van der Waals surface area contributed by atoms with Gasteiger partial charge in [0.25, 0.3) is 5.91 Å². The molecule has 0 radical (unpaired) electrons. The first-order valence-corrected chi connectivity index (χ1v) is 11.4. The Morgan fingerprint density at radius 1 is 1.14 bits per heavy atom. The molecule has 194 valence electrons. The predicted molar refractivity (Wildman–Crippen MR) is 129 cm³/mol. The number of nitrogens with zero attached hydrogens (tertiary/aromatic N) is 3. The first-order chi connectivity index (χ1) is 16.6. The molecule has 0 aliphatic carbocycles. The zero-order valence-electron chi connectivity index (χ0n) is 20.5. The van der Waals surface area contributed by atoms with Gasteiger partial charge in [-0.05, 0) is 38.2 Å². The number of amides is 1. The lowest BCUT2D eigenvalue weighted by molar-refractivity contribution is -0.192. The van der Waals surface area contributed by atoms with E-state index in [-0.39, 0.29) is 5.91 Å². The molecule has 8 nitrogen and oxygen atoms in total. The van der Waals surface area contributed by atoms with Gasteiger partial charge >= 0.3 is 12.1 Å². The van der Waals surface area contributed by atoms with E-state index in [1.165, 1.54) is 5.52 Å². The number of nitrogens with one attached hydrogen (secondary N) is 1. The van der Waals surface area contributed by atoms with Gasteiger partial charge in [0.2, 0.25) is 0 Å². The first-order valence-electron chi connectivity index (χ1n) is 11.4. The summed E-state index contributed by atoms with van der Waals surface area (Å²) in [5.74, 6) is -2.77. The van der Waals surface area contributed by atoms with Crippen molar-refractivity contribution in [3.8, 4) is 0 Å². The predicted octanol–water partition coefficient (Wildman–Crippen LogP) is 3.87. The molecule has 1 aromatic carbocycles. The summed E-state index contributed by atoms with van der Waals surface area (Å²) in [7, 11) is 3.74. The molecule has 0 saturated carbocycles. The van der Waals surface area contributed by atoms with Crippen LogP contribution in [0.3, 0.4) is 0 Å². The number of aryl methyl sites for hydroxylation is 1. The van der Waals surface area contributed by atoms with Crippen LogP contribution in [-0.2, 0) is 23.1 Å². The van der Waals surface area contributed by atoms with E-state index in [0.29, 0.717) is 25.4 Å². The maximum Gasteiger partial charge on any atom is 0.490 e. The smallest absolute Gasteiger partial charge is 0.475 e. The number of carboxylic acids is 1. The van der Waals surface area contributed by atoms with Crippen LogP contribution in [0.25, 0.3) is 21.9 Å². The Morgan fingerprint density at radius 2 is 1.77 bits per heavy atom. The zero-order valence-corrected chi connectivity index (χ0v) is 20.5. The summed E-state index contributed by atoms with van der Waals surface area (Å²) in [6.07, 6.45) is -4.13. The van der Waals surface area contributed by atoms with Gasteiger partial charge in [-0.15, -0.1) is 0 Å². The van der Waals surface area contributed by atoms with Crippen molar-refractivity contribution in [3.63, 3.8) is 0 Å². The van der Waals surface area contributed by atoms with Gasteiger partial charge in [0.15, 0.2) is 0 Å². The molecule has 0 atom stereocenters. The maximum atomic E-state index is 12.9. The van der Waals surface area contributed by atoms with E-state index in [1.807, 2.05) is 18.2 Å². The third-order valence-electron chi connectivity index (χ3n) is 5.78. The van der Waals surface area contributed by atoms with E-state index in [1.54, 1.807) is 7.11 Å². The summed E-state index contributed by atoms with van der Waals surface area (Å²) in [4.78, 5) is 24.2. The van der Waals surface area contributed by atoms with Crippen LogP contribution in [-0.4, -0.2) is 77.1 Å². The Hall–Kier alpha value is -3.05. The molecule has 2 heterocycles. The molecule has 0 saturated heterocycles. The molecule has 0 fully saturated rings. The molecule has 3 rings (SSSR count). The molecular weight excluding hydrogens is 465 g/mol. The van der Waals surface area contributed by atoms with E-state index in [0.717, 1.165) is 42.5 Å². The first kappa shape index (κ1) is 28.2. The third-order valence-corrected chi connectivity index (χ3v) is 5.78. The van der Waals surface area contributed by atoms with Crippen LogP contribution in [0.2, 0.25) is 0 Å². The number of fused-ring (bicyclic) bond motifs is 3. The number of ether oxygens (including phenoxy) is 1. The van der Waals surface area contributed by atoms with Crippen LogP contribution in [0.1, 0.15) is 30.8 Å². The molecule has 0 aliphatic heterocycles. The minimum atomic E-state index is -5.08. The number of carbonyl (C=O) groups is 2. The second-order valence-electron chi connectivity index (χ2n) is 7.92. The monoisotopic (exact) mass is 498 g/mol. The van der Waals surface area contributed by atoms with E-state index in [4.69, 9.17) is 14.6 Å². The molecule has 35 heavy (non-hydrogen) atoms. The third kappa shape index (κ3) is 6.98. The van der Waals surface area contributed by atoms with Gasteiger partial charge in [0.05, 0.1) is 23.2 Å². The maximum absolute atomic E-state index is 12.9. The topological polar surface area (TPSA) is 88.7 Å². The fourth-order valence-electron chi connectivity index (χ4n) is 3.91. The Morgan fingerprint density at radius 3 is 2.34 bits per heavy atom. The van der Waals surface area contributed by atoms with Gasteiger partial charge in [-0.2, -0.15) is 13.2 Å². The number of aliphatic carboxylic acids is 1. The molecule has 11 heteroatoms. The summed E-state index contributed by atoms with van der Waals surface area (Å²) in [6.45, 7) is 9.32. The summed E-state index contributed by atoms with van der Waals surface area (Å²) in [5.41, 5.74) is 4.05. The second-order valence-corrected chi connectivity index (χ2v) is 7.92. The molecule has 0 spiro atoms. The molecule has 0 unspecified atom stereocenters. The number of alkyl halides is 3. The number of rotatable bonds is 10. The largest absolute Gasteiger partial charge is 0.490 e. The van der Waals surface area contributed by atoms with Gasteiger partial charge in [0.1, 0.15) is 5.69 Å². The molecule has 3 aromatic rings. The van der Waals surface area contributed by atoms with Crippen molar-refractivity contribution in [1.29, 1.82) is 0 Å². The van der Waals surface area contributed by atoms with Crippen LogP contribution in [0.15, 0.2) is 30.3 Å².